The van der Waals surface area contributed by atoms with E-state index in [1.54, 1.807) is 6.92 Å². The number of H-pyrrole nitrogens is 1. The number of hydrogen-bond acceptors (Lipinski definition) is 4. The first-order valence-corrected chi connectivity index (χ1v) is 4.82. The molecular weight excluding hydrogens is 196 g/mol. The third kappa shape index (κ3) is 2.47. The molecule has 1 atom stereocenters. The molecule has 0 aliphatic carbocycles. The van der Waals surface area contributed by atoms with Crippen molar-refractivity contribution < 1.29 is 9.90 Å². The van der Waals surface area contributed by atoms with Crippen molar-refractivity contribution in [1.29, 1.82) is 0 Å². The highest BCUT2D eigenvalue weighted by Gasteiger charge is 2.17. The Morgan fingerprint density at radius 3 is 2.80 bits per heavy atom. The number of carbonyl (C=O) groups is 1. The van der Waals surface area contributed by atoms with Gasteiger partial charge in [0.25, 0.3) is 5.91 Å². The molecule has 0 aliphatic heterocycles. The monoisotopic (exact) mass is 212 g/mol. The molecule has 0 bridgehead atoms. The number of nitrogen functional groups attached to an aromatic ring is 1. The number of amides is 1. The molecule has 0 unspecified atom stereocenters. The highest BCUT2D eigenvalue weighted by atomic mass is 16.3. The number of aromatic amines is 1. The van der Waals surface area contributed by atoms with Gasteiger partial charge in [0.1, 0.15) is 0 Å². The third-order valence-electron chi connectivity index (χ3n) is 2.26. The lowest BCUT2D eigenvalue weighted by atomic mass is 10.2. The van der Waals surface area contributed by atoms with Crippen molar-refractivity contribution in [3.8, 4) is 0 Å². The number of carbonyl (C=O) groups excluding carboxylic acids is 1. The molecule has 0 fully saturated rings. The van der Waals surface area contributed by atoms with Gasteiger partial charge in [-0.1, -0.05) is 6.92 Å². The maximum atomic E-state index is 11.6. The van der Waals surface area contributed by atoms with Crippen molar-refractivity contribution in [3.05, 3.63) is 11.4 Å². The van der Waals surface area contributed by atoms with Crippen molar-refractivity contribution in [2.45, 2.75) is 26.3 Å². The van der Waals surface area contributed by atoms with Crippen LogP contribution in [0.15, 0.2) is 0 Å². The molecule has 0 saturated heterocycles. The van der Waals surface area contributed by atoms with Crippen molar-refractivity contribution in [2.75, 3.05) is 12.3 Å². The lowest BCUT2D eigenvalue weighted by molar-refractivity contribution is 0.0911. The second kappa shape index (κ2) is 4.79. The highest BCUT2D eigenvalue weighted by molar-refractivity contribution is 5.97. The summed E-state index contributed by atoms with van der Waals surface area (Å²) in [5.74, 6) is -0.363. The Bertz CT molecular complexity index is 344. The molecule has 1 heterocycles. The Balaban J connectivity index is 2.73. The van der Waals surface area contributed by atoms with E-state index < -0.39 is 0 Å². The van der Waals surface area contributed by atoms with Crippen LogP contribution in [0.3, 0.4) is 0 Å². The number of hydrogen-bond donors (Lipinski definition) is 4. The molecule has 0 spiro atoms. The first kappa shape index (κ1) is 11.5. The van der Waals surface area contributed by atoms with E-state index in [1.165, 1.54) is 0 Å². The minimum absolute atomic E-state index is 0.0917. The number of aryl methyl sites for hydroxylation is 1. The minimum atomic E-state index is -0.363. The molecule has 6 heteroatoms. The predicted octanol–water partition coefficient (Wildman–Crippen LogP) is -0.199. The number of anilines is 1. The SMILES string of the molecule is CC[C@H](CO)NC(=O)c1n[nH]c(C)c1N. The lowest BCUT2D eigenvalue weighted by Crippen LogP contribution is -2.37. The number of nitrogens with two attached hydrogens (primary N) is 1. The van der Waals surface area contributed by atoms with Gasteiger partial charge in [0, 0.05) is 0 Å². The fourth-order valence-corrected chi connectivity index (χ4v) is 1.14. The molecule has 5 N–H and O–H groups in total. The molecule has 0 radical (unpaired) electrons. The molecule has 0 saturated carbocycles. The quantitative estimate of drug-likeness (QED) is 0.554. The summed E-state index contributed by atoms with van der Waals surface area (Å²) < 4.78 is 0. The van der Waals surface area contributed by atoms with Crippen molar-refractivity contribution >= 4 is 11.6 Å². The first-order valence-electron chi connectivity index (χ1n) is 4.82. The van der Waals surface area contributed by atoms with Crippen LogP contribution < -0.4 is 11.1 Å². The Morgan fingerprint density at radius 2 is 2.40 bits per heavy atom. The summed E-state index contributed by atoms with van der Waals surface area (Å²) in [5, 5.41) is 18.0. The zero-order chi connectivity index (χ0) is 11.4. The van der Waals surface area contributed by atoms with E-state index in [0.29, 0.717) is 17.8 Å². The van der Waals surface area contributed by atoms with Crippen molar-refractivity contribution in [1.82, 2.24) is 15.5 Å². The van der Waals surface area contributed by atoms with Crippen LogP contribution >= 0.6 is 0 Å². The molecule has 84 valence electrons. The Hall–Kier alpha value is -1.56. The summed E-state index contributed by atoms with van der Waals surface area (Å²) in [5.41, 5.74) is 6.84. The number of nitrogens with zero attached hydrogens (tertiary/aromatic N) is 1. The molecular formula is C9H16N4O2. The maximum absolute atomic E-state index is 11.6. The van der Waals surface area contributed by atoms with Gasteiger partial charge < -0.3 is 16.2 Å². The van der Waals surface area contributed by atoms with Gasteiger partial charge >= 0.3 is 0 Å². The largest absolute Gasteiger partial charge is 0.395 e. The van der Waals surface area contributed by atoms with Gasteiger partial charge in [-0.25, -0.2) is 0 Å². The van der Waals surface area contributed by atoms with Crippen LogP contribution in [-0.4, -0.2) is 33.9 Å². The molecule has 15 heavy (non-hydrogen) atoms. The normalized spacial score (nSPS) is 12.5. The summed E-state index contributed by atoms with van der Waals surface area (Å²) in [7, 11) is 0. The van der Waals surface area contributed by atoms with E-state index in [9.17, 15) is 4.79 Å². The molecule has 6 nitrogen and oxygen atoms in total. The zero-order valence-corrected chi connectivity index (χ0v) is 8.87. The number of aliphatic hydroxyl groups excluding tert-OH is 1. The van der Waals surface area contributed by atoms with Gasteiger partial charge in [-0.2, -0.15) is 5.10 Å². The van der Waals surface area contributed by atoms with E-state index >= 15 is 0 Å². The van der Waals surface area contributed by atoms with Crippen LogP contribution in [0.4, 0.5) is 5.69 Å². The smallest absolute Gasteiger partial charge is 0.274 e. The topological polar surface area (TPSA) is 104 Å². The summed E-state index contributed by atoms with van der Waals surface area (Å²) in [6.07, 6.45) is 0.658. The molecule has 1 amide bonds. The highest BCUT2D eigenvalue weighted by Crippen LogP contribution is 2.12. The second-order valence-electron chi connectivity index (χ2n) is 3.37. The molecule has 1 aromatic heterocycles. The molecule has 0 aromatic carbocycles. The van der Waals surface area contributed by atoms with Crippen LogP contribution in [0.2, 0.25) is 0 Å². The fraction of sp³-hybridized carbons (Fsp3) is 0.556. The fourth-order valence-electron chi connectivity index (χ4n) is 1.14. The number of aromatic nitrogens is 2. The van der Waals surface area contributed by atoms with Gasteiger partial charge in [-0.15, -0.1) is 0 Å². The molecule has 0 aliphatic rings. The third-order valence-corrected chi connectivity index (χ3v) is 2.26. The second-order valence-corrected chi connectivity index (χ2v) is 3.37. The van der Waals surface area contributed by atoms with E-state index in [4.69, 9.17) is 10.8 Å². The van der Waals surface area contributed by atoms with Crippen LogP contribution in [0.25, 0.3) is 0 Å². The number of nitrogens with one attached hydrogen (secondary N) is 2. The lowest BCUT2D eigenvalue weighted by Gasteiger charge is -2.12. The zero-order valence-electron chi connectivity index (χ0n) is 8.87. The summed E-state index contributed by atoms with van der Waals surface area (Å²) >= 11 is 0. The van der Waals surface area contributed by atoms with E-state index in [2.05, 4.69) is 15.5 Å². The Morgan fingerprint density at radius 1 is 1.73 bits per heavy atom. The van der Waals surface area contributed by atoms with Crippen molar-refractivity contribution in [3.63, 3.8) is 0 Å². The van der Waals surface area contributed by atoms with Crippen LogP contribution in [0, 0.1) is 6.92 Å². The van der Waals surface area contributed by atoms with Crippen molar-refractivity contribution in [2.24, 2.45) is 0 Å². The Kier molecular flexibility index (Phi) is 3.68. The van der Waals surface area contributed by atoms with E-state index in [-0.39, 0.29) is 24.2 Å². The van der Waals surface area contributed by atoms with Gasteiger partial charge in [0.2, 0.25) is 0 Å². The summed E-state index contributed by atoms with van der Waals surface area (Å²) in [4.78, 5) is 11.6. The average Bonchev–Trinajstić information content (AvgIpc) is 2.56. The van der Waals surface area contributed by atoms with Crippen LogP contribution in [0.5, 0.6) is 0 Å². The van der Waals surface area contributed by atoms with Gasteiger partial charge in [0.15, 0.2) is 5.69 Å². The summed E-state index contributed by atoms with van der Waals surface area (Å²) in [6, 6.07) is -0.256. The van der Waals surface area contributed by atoms with Crippen LogP contribution in [0.1, 0.15) is 29.5 Å². The number of aliphatic hydroxyl groups is 1. The van der Waals surface area contributed by atoms with Gasteiger partial charge in [-0.3, -0.25) is 9.89 Å². The standard InChI is InChI=1S/C9H16N4O2/c1-3-6(4-14)11-9(15)8-7(10)5(2)12-13-8/h6,14H,3-4,10H2,1-2H3,(H,11,15)(H,12,13)/t6-/m1/s1. The first-order chi connectivity index (χ1) is 7.10. The summed E-state index contributed by atoms with van der Waals surface area (Å²) in [6.45, 7) is 3.52. The van der Waals surface area contributed by atoms with E-state index in [1.807, 2.05) is 6.92 Å². The minimum Gasteiger partial charge on any atom is -0.395 e. The van der Waals surface area contributed by atoms with Gasteiger partial charge in [-0.05, 0) is 13.3 Å². The van der Waals surface area contributed by atoms with Crippen LogP contribution in [-0.2, 0) is 0 Å². The molecule has 1 rings (SSSR count). The predicted molar refractivity (Wildman–Crippen MR) is 56.4 cm³/mol. The van der Waals surface area contributed by atoms with Gasteiger partial charge in [0.05, 0.1) is 24.0 Å². The molecule has 1 aromatic rings. The van der Waals surface area contributed by atoms with E-state index in [0.717, 1.165) is 0 Å². The average molecular weight is 212 g/mol. The Labute approximate surface area is 87.9 Å². The maximum Gasteiger partial charge on any atom is 0.274 e. The number of rotatable bonds is 4.